The highest BCUT2D eigenvalue weighted by molar-refractivity contribution is 7.91. The number of nitriles is 1. The Labute approximate surface area is 77.5 Å². The number of alkyl halides is 1. The van der Waals surface area contributed by atoms with E-state index in [9.17, 15) is 12.8 Å². The van der Waals surface area contributed by atoms with E-state index < -0.39 is 16.0 Å². The van der Waals surface area contributed by atoms with E-state index in [1.165, 1.54) is 0 Å². The number of hydrogen-bond donors (Lipinski definition) is 0. The molecule has 1 saturated heterocycles. The number of nitrogens with zero attached hydrogens (tertiary/aromatic N) is 1. The van der Waals surface area contributed by atoms with Crippen LogP contribution in [0, 0.1) is 17.2 Å². The van der Waals surface area contributed by atoms with Crippen molar-refractivity contribution in [2.75, 3.05) is 11.5 Å². The summed E-state index contributed by atoms with van der Waals surface area (Å²) < 4.78 is 35.5. The van der Waals surface area contributed by atoms with Crippen LogP contribution in [-0.4, -0.2) is 26.1 Å². The third kappa shape index (κ3) is 2.96. The molecule has 1 fully saturated rings. The molecular weight excluding hydrogens is 193 g/mol. The summed E-state index contributed by atoms with van der Waals surface area (Å²) in [4.78, 5) is 0. The van der Waals surface area contributed by atoms with Gasteiger partial charge in [0.1, 0.15) is 16.0 Å². The van der Waals surface area contributed by atoms with Gasteiger partial charge in [-0.3, -0.25) is 0 Å². The van der Waals surface area contributed by atoms with Gasteiger partial charge in [-0.1, -0.05) is 0 Å². The molecule has 74 valence electrons. The Morgan fingerprint density at radius 2 is 2.00 bits per heavy atom. The van der Waals surface area contributed by atoms with Crippen molar-refractivity contribution in [1.82, 2.24) is 0 Å². The summed E-state index contributed by atoms with van der Waals surface area (Å²) in [6.07, 6.45) is -0.667. The molecule has 0 aromatic rings. The van der Waals surface area contributed by atoms with Crippen LogP contribution in [0.5, 0.6) is 0 Å². The van der Waals surface area contributed by atoms with Crippen molar-refractivity contribution >= 4 is 9.84 Å². The minimum Gasteiger partial charge on any atom is -0.247 e. The van der Waals surface area contributed by atoms with Gasteiger partial charge in [0.2, 0.25) is 0 Å². The Balaban J connectivity index is 2.66. The van der Waals surface area contributed by atoms with Crippen LogP contribution in [0.15, 0.2) is 0 Å². The molecule has 1 rings (SSSR count). The summed E-state index contributed by atoms with van der Waals surface area (Å²) in [5.74, 6) is -0.433. The topological polar surface area (TPSA) is 57.9 Å². The fraction of sp³-hybridized carbons (Fsp3) is 0.875. The Morgan fingerprint density at radius 1 is 1.38 bits per heavy atom. The van der Waals surface area contributed by atoms with Gasteiger partial charge in [-0.25, -0.2) is 12.8 Å². The molecule has 0 radical (unpaired) electrons. The Hall–Kier alpha value is -0.630. The third-order valence-corrected chi connectivity index (χ3v) is 4.08. The van der Waals surface area contributed by atoms with Gasteiger partial charge in [-0.15, -0.1) is 0 Å². The van der Waals surface area contributed by atoms with Crippen molar-refractivity contribution in [1.29, 1.82) is 5.26 Å². The monoisotopic (exact) mass is 205 g/mol. The van der Waals surface area contributed by atoms with Crippen molar-refractivity contribution in [3.05, 3.63) is 0 Å². The molecule has 0 aromatic carbocycles. The molecule has 1 heterocycles. The zero-order chi connectivity index (χ0) is 9.90. The standard InChI is InChI=1S/C8H12FNO2S/c9-8-3-6-13(11,12)5-2-7(8)1-4-10/h7-8H,1-3,5-6H2/t7-,8+/m0/s1. The predicted octanol–water partition coefficient (Wildman–Crippen LogP) is 1.06. The Kier molecular flexibility index (Phi) is 3.26. The quantitative estimate of drug-likeness (QED) is 0.643. The van der Waals surface area contributed by atoms with E-state index in [1.54, 1.807) is 0 Å². The van der Waals surface area contributed by atoms with Crippen LogP contribution < -0.4 is 0 Å². The smallest absolute Gasteiger partial charge is 0.150 e. The first-order valence-electron chi connectivity index (χ1n) is 4.26. The lowest BCUT2D eigenvalue weighted by atomic mass is 9.96. The Bertz CT molecular complexity index is 307. The second-order valence-corrected chi connectivity index (χ2v) is 5.67. The van der Waals surface area contributed by atoms with Crippen LogP contribution in [0.25, 0.3) is 0 Å². The van der Waals surface area contributed by atoms with Crippen LogP contribution in [0.4, 0.5) is 4.39 Å². The summed E-state index contributed by atoms with van der Waals surface area (Å²) in [5, 5.41) is 8.39. The average molecular weight is 205 g/mol. The second-order valence-electron chi connectivity index (χ2n) is 3.37. The maximum Gasteiger partial charge on any atom is 0.150 e. The molecule has 0 N–H and O–H groups in total. The van der Waals surface area contributed by atoms with Crippen molar-refractivity contribution in [2.45, 2.75) is 25.4 Å². The van der Waals surface area contributed by atoms with E-state index in [1.807, 2.05) is 6.07 Å². The van der Waals surface area contributed by atoms with E-state index >= 15 is 0 Å². The van der Waals surface area contributed by atoms with Crippen LogP contribution in [-0.2, 0) is 9.84 Å². The zero-order valence-electron chi connectivity index (χ0n) is 7.24. The molecule has 1 aliphatic heterocycles. The fourth-order valence-corrected chi connectivity index (χ4v) is 2.94. The zero-order valence-corrected chi connectivity index (χ0v) is 8.06. The highest BCUT2D eigenvalue weighted by Gasteiger charge is 2.28. The summed E-state index contributed by atoms with van der Waals surface area (Å²) in [7, 11) is -3.05. The minimum absolute atomic E-state index is 0.0275. The first-order valence-corrected chi connectivity index (χ1v) is 6.09. The van der Waals surface area contributed by atoms with E-state index in [2.05, 4.69) is 0 Å². The number of rotatable bonds is 1. The molecule has 2 atom stereocenters. The number of sulfone groups is 1. The first kappa shape index (κ1) is 10.5. The van der Waals surface area contributed by atoms with Gasteiger partial charge < -0.3 is 0 Å². The molecule has 0 spiro atoms. The van der Waals surface area contributed by atoms with Crippen LogP contribution in [0.2, 0.25) is 0 Å². The number of halogens is 1. The molecular formula is C8H12FNO2S. The Morgan fingerprint density at radius 3 is 2.62 bits per heavy atom. The molecule has 0 aromatic heterocycles. The van der Waals surface area contributed by atoms with E-state index in [0.717, 1.165) is 0 Å². The molecule has 1 aliphatic rings. The van der Waals surface area contributed by atoms with Crippen LogP contribution in [0.3, 0.4) is 0 Å². The van der Waals surface area contributed by atoms with Gasteiger partial charge in [0.15, 0.2) is 0 Å². The van der Waals surface area contributed by atoms with Gasteiger partial charge in [-0.05, 0) is 12.8 Å². The van der Waals surface area contributed by atoms with Crippen molar-refractivity contribution in [2.24, 2.45) is 5.92 Å². The molecule has 0 aliphatic carbocycles. The van der Waals surface area contributed by atoms with Gasteiger partial charge >= 0.3 is 0 Å². The molecule has 3 nitrogen and oxygen atoms in total. The summed E-state index contributed by atoms with van der Waals surface area (Å²) in [5.41, 5.74) is 0. The van der Waals surface area contributed by atoms with E-state index in [0.29, 0.717) is 0 Å². The molecule has 0 bridgehead atoms. The first-order chi connectivity index (χ1) is 6.05. The lowest BCUT2D eigenvalue weighted by Crippen LogP contribution is -2.14. The summed E-state index contributed by atoms with van der Waals surface area (Å²) in [6.45, 7) is 0. The molecule has 13 heavy (non-hydrogen) atoms. The third-order valence-electron chi connectivity index (χ3n) is 2.37. The SMILES string of the molecule is N#CC[C@H]1CCS(=O)(=O)CC[C@H]1F. The fourth-order valence-electron chi connectivity index (χ4n) is 1.49. The van der Waals surface area contributed by atoms with Crippen molar-refractivity contribution in [3.8, 4) is 6.07 Å². The average Bonchev–Trinajstić information content (AvgIpc) is 2.18. The number of hydrogen-bond acceptors (Lipinski definition) is 3. The second kappa shape index (κ2) is 4.05. The molecule has 0 amide bonds. The van der Waals surface area contributed by atoms with E-state index in [-0.39, 0.29) is 36.7 Å². The largest absolute Gasteiger partial charge is 0.247 e. The maximum atomic E-state index is 13.2. The lowest BCUT2D eigenvalue weighted by molar-refractivity contribution is 0.223. The highest BCUT2D eigenvalue weighted by Crippen LogP contribution is 2.24. The maximum absolute atomic E-state index is 13.2. The summed E-state index contributed by atoms with van der Waals surface area (Å²) in [6, 6.07) is 1.89. The van der Waals surface area contributed by atoms with Crippen molar-refractivity contribution in [3.63, 3.8) is 0 Å². The van der Waals surface area contributed by atoms with Gasteiger partial charge in [-0.2, -0.15) is 5.26 Å². The van der Waals surface area contributed by atoms with E-state index in [4.69, 9.17) is 5.26 Å². The minimum atomic E-state index is -3.05. The predicted molar refractivity (Wildman–Crippen MR) is 46.5 cm³/mol. The van der Waals surface area contributed by atoms with Crippen LogP contribution in [0.1, 0.15) is 19.3 Å². The molecule has 0 unspecified atom stereocenters. The van der Waals surface area contributed by atoms with Crippen molar-refractivity contribution < 1.29 is 12.8 Å². The van der Waals surface area contributed by atoms with Gasteiger partial charge in [0.05, 0.1) is 17.6 Å². The van der Waals surface area contributed by atoms with Gasteiger partial charge in [0, 0.05) is 12.3 Å². The highest BCUT2D eigenvalue weighted by atomic mass is 32.2. The van der Waals surface area contributed by atoms with Gasteiger partial charge in [0.25, 0.3) is 0 Å². The lowest BCUT2D eigenvalue weighted by Gasteiger charge is -2.12. The summed E-state index contributed by atoms with van der Waals surface area (Å²) >= 11 is 0. The molecule has 5 heteroatoms. The molecule has 0 saturated carbocycles. The van der Waals surface area contributed by atoms with Crippen LogP contribution >= 0.6 is 0 Å². The normalized spacial score (nSPS) is 33.2.